The molecule has 0 spiro atoms. The first-order chi connectivity index (χ1) is 21.3. The Bertz CT molecular complexity index is 1800. The number of fused-ring (bicyclic) bond motifs is 3. The normalized spacial score (nSPS) is 12.1. The number of carbonyl (C=O) groups is 1. The molecule has 0 bridgehead atoms. The summed E-state index contributed by atoms with van der Waals surface area (Å²) in [6.45, 7) is 1.52. The van der Waals surface area contributed by atoms with E-state index in [9.17, 15) is 4.79 Å². The number of aromatic nitrogens is 6. The Morgan fingerprint density at radius 3 is 2.55 bits per heavy atom. The number of nitrogens with one attached hydrogen (secondary N) is 2. The lowest BCUT2D eigenvalue weighted by Gasteiger charge is -2.18. The van der Waals surface area contributed by atoms with Crippen LogP contribution in [0.3, 0.4) is 0 Å². The Morgan fingerprint density at radius 1 is 1.02 bits per heavy atom. The summed E-state index contributed by atoms with van der Waals surface area (Å²) in [7, 11) is 9.51. The average Bonchev–Trinajstić information content (AvgIpc) is 3.61. The lowest BCUT2D eigenvalue weighted by atomic mass is 9.91. The van der Waals surface area contributed by atoms with Crippen LogP contribution in [0.25, 0.3) is 33.6 Å². The minimum Gasteiger partial charge on any atom is -0.495 e. The van der Waals surface area contributed by atoms with Crippen LogP contribution in [0.5, 0.6) is 5.75 Å². The number of hydrogen-bond acceptors (Lipinski definition) is 8. The van der Waals surface area contributed by atoms with E-state index in [1.807, 2.05) is 57.5 Å². The van der Waals surface area contributed by atoms with Gasteiger partial charge in [0.05, 0.1) is 36.1 Å². The Balaban J connectivity index is 1.26. The lowest BCUT2D eigenvalue weighted by molar-refractivity contribution is 0.0952. The lowest BCUT2D eigenvalue weighted by Crippen LogP contribution is -2.27. The van der Waals surface area contributed by atoms with Crippen molar-refractivity contribution in [3.63, 3.8) is 0 Å². The van der Waals surface area contributed by atoms with Gasteiger partial charge in [-0.25, -0.2) is 9.97 Å². The highest BCUT2D eigenvalue weighted by molar-refractivity contribution is 5.95. The standard InChI is InChI=1S/C33H37N9O2/c1-40(2)16-6-15-34-32(43)23-11-13-26(28(17-23)44-5)37-33-35-18-24-12-14-27-29(30(24)38-33)31(42(4)39-27)22-9-7-21(8-10-22)25-19-36-41(3)20-25/h7-11,13,17-20H,6,12,14-16H2,1-5H3,(H,34,43)(H,35,37,38). The van der Waals surface area contributed by atoms with Crippen LogP contribution in [0.1, 0.15) is 28.0 Å². The third-order valence-electron chi connectivity index (χ3n) is 7.83. The topological polar surface area (TPSA) is 115 Å². The maximum absolute atomic E-state index is 12.7. The van der Waals surface area contributed by atoms with Crippen molar-refractivity contribution in [2.75, 3.05) is 39.6 Å². The molecule has 0 saturated heterocycles. The van der Waals surface area contributed by atoms with Gasteiger partial charge in [-0.15, -0.1) is 0 Å². The molecule has 11 nitrogen and oxygen atoms in total. The second-order valence-corrected chi connectivity index (χ2v) is 11.3. The van der Waals surface area contributed by atoms with Crippen molar-refractivity contribution < 1.29 is 9.53 Å². The van der Waals surface area contributed by atoms with E-state index in [2.05, 4.69) is 49.9 Å². The molecule has 5 aromatic rings. The van der Waals surface area contributed by atoms with E-state index >= 15 is 0 Å². The van der Waals surface area contributed by atoms with Crippen LogP contribution in [-0.2, 0) is 26.9 Å². The number of aryl methyl sites for hydroxylation is 4. The number of anilines is 2. The minimum atomic E-state index is -0.135. The quantitative estimate of drug-likeness (QED) is 0.229. The third kappa shape index (κ3) is 5.91. The molecule has 1 aliphatic rings. The zero-order valence-corrected chi connectivity index (χ0v) is 25.8. The molecule has 44 heavy (non-hydrogen) atoms. The van der Waals surface area contributed by atoms with Crippen molar-refractivity contribution in [2.45, 2.75) is 19.3 Å². The molecule has 0 saturated carbocycles. The smallest absolute Gasteiger partial charge is 0.251 e. The zero-order valence-electron chi connectivity index (χ0n) is 25.8. The van der Waals surface area contributed by atoms with Gasteiger partial charge >= 0.3 is 0 Å². The molecule has 226 valence electrons. The van der Waals surface area contributed by atoms with Crippen LogP contribution in [0.4, 0.5) is 11.6 Å². The SMILES string of the molecule is COc1cc(C(=O)NCCCN(C)C)ccc1Nc1ncc2c(n1)-c1c(nn(C)c1-c1ccc(-c3cnn(C)c3)cc1)CC2. The molecule has 0 aliphatic heterocycles. The van der Waals surface area contributed by atoms with E-state index in [1.54, 1.807) is 23.9 Å². The van der Waals surface area contributed by atoms with Gasteiger partial charge in [0.1, 0.15) is 5.75 Å². The molecule has 1 aliphatic carbocycles. The van der Waals surface area contributed by atoms with Crippen LogP contribution in [0, 0.1) is 0 Å². The van der Waals surface area contributed by atoms with Crippen LogP contribution in [0.15, 0.2) is 61.1 Å². The monoisotopic (exact) mass is 591 g/mol. The van der Waals surface area contributed by atoms with Gasteiger partial charge in [-0.2, -0.15) is 10.2 Å². The maximum atomic E-state index is 12.7. The molecule has 3 aromatic heterocycles. The van der Waals surface area contributed by atoms with Gasteiger partial charge in [0, 0.05) is 55.3 Å². The second-order valence-electron chi connectivity index (χ2n) is 11.3. The molecule has 0 fully saturated rings. The third-order valence-corrected chi connectivity index (χ3v) is 7.83. The fraction of sp³-hybridized carbons (Fsp3) is 0.303. The molecule has 0 radical (unpaired) electrons. The van der Waals surface area contributed by atoms with Crippen molar-refractivity contribution >= 4 is 17.5 Å². The molecule has 0 atom stereocenters. The molecule has 2 N–H and O–H groups in total. The van der Waals surface area contributed by atoms with E-state index in [0.717, 1.165) is 70.7 Å². The molecule has 1 amide bonds. The number of rotatable bonds is 10. The van der Waals surface area contributed by atoms with Gasteiger partial charge in [0.15, 0.2) is 0 Å². The van der Waals surface area contributed by atoms with Gasteiger partial charge in [0.2, 0.25) is 5.95 Å². The van der Waals surface area contributed by atoms with Gasteiger partial charge < -0.3 is 20.3 Å². The predicted octanol–water partition coefficient (Wildman–Crippen LogP) is 4.48. The van der Waals surface area contributed by atoms with E-state index in [4.69, 9.17) is 14.8 Å². The summed E-state index contributed by atoms with van der Waals surface area (Å²) in [5, 5.41) is 15.5. The fourth-order valence-electron chi connectivity index (χ4n) is 5.60. The summed E-state index contributed by atoms with van der Waals surface area (Å²) in [5.74, 6) is 0.838. The first kappa shape index (κ1) is 29.1. The van der Waals surface area contributed by atoms with Crippen molar-refractivity contribution in [3.8, 4) is 39.4 Å². The minimum absolute atomic E-state index is 0.135. The van der Waals surface area contributed by atoms with E-state index < -0.39 is 0 Å². The Morgan fingerprint density at radius 2 is 1.82 bits per heavy atom. The Labute approximate surface area is 256 Å². The van der Waals surface area contributed by atoms with Crippen LogP contribution in [0.2, 0.25) is 0 Å². The second kappa shape index (κ2) is 12.3. The van der Waals surface area contributed by atoms with Gasteiger partial charge in [-0.3, -0.25) is 14.2 Å². The van der Waals surface area contributed by atoms with Crippen LogP contribution < -0.4 is 15.4 Å². The number of benzene rings is 2. The van der Waals surface area contributed by atoms with Crippen LogP contribution >= 0.6 is 0 Å². The predicted molar refractivity (Wildman–Crippen MR) is 171 cm³/mol. The zero-order chi connectivity index (χ0) is 30.8. The molecule has 6 rings (SSSR count). The van der Waals surface area contributed by atoms with E-state index in [-0.39, 0.29) is 5.91 Å². The molecular formula is C33H37N9O2. The summed E-state index contributed by atoms with van der Waals surface area (Å²) in [6.07, 6.45) is 8.29. The molecule has 3 heterocycles. The summed E-state index contributed by atoms with van der Waals surface area (Å²) in [5.41, 5.74) is 9.46. The summed E-state index contributed by atoms with van der Waals surface area (Å²) >= 11 is 0. The van der Waals surface area contributed by atoms with Crippen molar-refractivity contribution in [1.82, 2.24) is 39.7 Å². The number of hydrogen-bond donors (Lipinski definition) is 2. The first-order valence-corrected chi connectivity index (χ1v) is 14.7. The number of carbonyl (C=O) groups excluding carboxylic acids is 1. The number of amides is 1. The highest BCUT2D eigenvalue weighted by Crippen LogP contribution is 2.40. The molecule has 0 unspecified atom stereocenters. The molecule has 2 aromatic carbocycles. The summed E-state index contributed by atoms with van der Waals surface area (Å²) in [4.78, 5) is 24.4. The maximum Gasteiger partial charge on any atom is 0.251 e. The Kier molecular flexibility index (Phi) is 8.12. The number of methoxy groups -OCH3 is 1. The first-order valence-electron chi connectivity index (χ1n) is 14.7. The van der Waals surface area contributed by atoms with Gasteiger partial charge in [-0.05, 0) is 69.2 Å². The molecular weight excluding hydrogens is 554 g/mol. The Hall–Kier alpha value is -5.03. The van der Waals surface area contributed by atoms with Gasteiger partial charge in [-0.1, -0.05) is 24.3 Å². The summed E-state index contributed by atoms with van der Waals surface area (Å²) < 4.78 is 9.38. The van der Waals surface area contributed by atoms with Gasteiger partial charge in [0.25, 0.3) is 5.91 Å². The van der Waals surface area contributed by atoms with E-state index in [1.165, 1.54) is 0 Å². The number of nitrogens with zero attached hydrogens (tertiary/aromatic N) is 7. The van der Waals surface area contributed by atoms with Crippen LogP contribution in [-0.4, -0.2) is 74.6 Å². The highest BCUT2D eigenvalue weighted by Gasteiger charge is 2.27. The average molecular weight is 592 g/mol. The van der Waals surface area contributed by atoms with Crippen molar-refractivity contribution in [2.24, 2.45) is 14.1 Å². The molecule has 11 heteroatoms. The summed E-state index contributed by atoms with van der Waals surface area (Å²) in [6, 6.07) is 13.8. The van der Waals surface area contributed by atoms with E-state index in [0.29, 0.717) is 29.5 Å². The number of ether oxygens (including phenoxy) is 1. The van der Waals surface area contributed by atoms with Crippen molar-refractivity contribution in [1.29, 1.82) is 0 Å². The highest BCUT2D eigenvalue weighted by atomic mass is 16.5. The van der Waals surface area contributed by atoms with Crippen molar-refractivity contribution in [3.05, 3.63) is 77.9 Å². The fourth-order valence-corrected chi connectivity index (χ4v) is 5.60. The largest absolute Gasteiger partial charge is 0.495 e.